The Morgan fingerprint density at radius 1 is 1.35 bits per heavy atom. The van der Waals surface area contributed by atoms with Crippen LogP contribution in [0.25, 0.3) is 11.4 Å². The average Bonchev–Trinajstić information content (AvgIpc) is 2.27. The first kappa shape index (κ1) is 11.2. The number of nitrogens with zero attached hydrogens (tertiary/aromatic N) is 1. The number of nitrogen functional groups attached to an aromatic ring is 1. The zero-order chi connectivity index (χ0) is 12.4. The maximum Gasteiger partial charge on any atom is 0.253 e. The van der Waals surface area contributed by atoms with Crippen LogP contribution in [0.3, 0.4) is 0 Å². The molecule has 0 saturated heterocycles. The lowest BCUT2D eigenvalue weighted by Crippen LogP contribution is -2.09. The van der Waals surface area contributed by atoms with Gasteiger partial charge in [0.15, 0.2) is 0 Å². The highest BCUT2D eigenvalue weighted by atomic mass is 16.5. The highest BCUT2D eigenvalue weighted by Crippen LogP contribution is 2.23. The van der Waals surface area contributed by atoms with Crippen molar-refractivity contribution in [3.63, 3.8) is 0 Å². The lowest BCUT2D eigenvalue weighted by molar-refractivity contribution is 0.412. The van der Waals surface area contributed by atoms with Crippen molar-refractivity contribution in [1.29, 1.82) is 0 Å². The molecule has 0 radical (unpaired) electrons. The van der Waals surface area contributed by atoms with E-state index < -0.39 is 0 Å². The van der Waals surface area contributed by atoms with E-state index in [-0.39, 0.29) is 11.4 Å². The fraction of sp³-hybridized carbons (Fsp3) is 0.167. The van der Waals surface area contributed by atoms with Crippen LogP contribution in [0.5, 0.6) is 5.75 Å². The summed E-state index contributed by atoms with van der Waals surface area (Å²) in [5.74, 6) is 1.46. The smallest absolute Gasteiger partial charge is 0.253 e. The second-order valence-corrected chi connectivity index (χ2v) is 3.70. The van der Waals surface area contributed by atoms with Gasteiger partial charge in [0, 0.05) is 11.6 Å². The topological polar surface area (TPSA) is 81.0 Å². The van der Waals surface area contributed by atoms with Gasteiger partial charge in [-0.3, -0.25) is 4.79 Å². The van der Waals surface area contributed by atoms with Gasteiger partial charge in [0.2, 0.25) is 0 Å². The number of hydrogen-bond donors (Lipinski definition) is 2. The number of H-pyrrole nitrogens is 1. The first-order valence-electron chi connectivity index (χ1n) is 5.12. The molecule has 3 N–H and O–H groups in total. The standard InChI is InChI=1S/C12H13N3O2/c1-7-5-8(3-4-9(7)17-2)12-14-10(13)6-11(16)15-12/h3-6H,1-2H3,(H3,13,14,15,16). The van der Waals surface area contributed by atoms with Crippen molar-refractivity contribution in [3.05, 3.63) is 40.2 Å². The SMILES string of the molecule is COc1ccc(-c2nc(N)cc(=O)[nH]2)cc1C. The van der Waals surface area contributed by atoms with Crippen LogP contribution >= 0.6 is 0 Å². The van der Waals surface area contributed by atoms with Gasteiger partial charge in [-0.05, 0) is 30.7 Å². The van der Waals surface area contributed by atoms with Crippen LogP contribution in [-0.2, 0) is 0 Å². The van der Waals surface area contributed by atoms with E-state index in [2.05, 4.69) is 9.97 Å². The fourth-order valence-corrected chi connectivity index (χ4v) is 1.64. The number of aromatic nitrogens is 2. The van der Waals surface area contributed by atoms with E-state index in [9.17, 15) is 4.79 Å². The third kappa shape index (κ3) is 2.28. The Morgan fingerprint density at radius 3 is 2.71 bits per heavy atom. The van der Waals surface area contributed by atoms with Crippen LogP contribution in [0.4, 0.5) is 5.82 Å². The quantitative estimate of drug-likeness (QED) is 0.817. The summed E-state index contributed by atoms with van der Waals surface area (Å²) in [4.78, 5) is 18.0. The van der Waals surface area contributed by atoms with E-state index in [1.165, 1.54) is 6.07 Å². The molecule has 5 nitrogen and oxygen atoms in total. The largest absolute Gasteiger partial charge is 0.496 e. The van der Waals surface area contributed by atoms with Crippen LogP contribution in [0, 0.1) is 6.92 Å². The molecule has 0 spiro atoms. The summed E-state index contributed by atoms with van der Waals surface area (Å²) >= 11 is 0. The van der Waals surface area contributed by atoms with E-state index in [0.717, 1.165) is 16.9 Å². The number of benzene rings is 1. The zero-order valence-corrected chi connectivity index (χ0v) is 9.65. The third-order valence-electron chi connectivity index (χ3n) is 2.43. The van der Waals surface area contributed by atoms with Crippen molar-refractivity contribution < 1.29 is 4.74 Å². The molecular formula is C12H13N3O2. The van der Waals surface area contributed by atoms with Gasteiger partial charge in [-0.15, -0.1) is 0 Å². The summed E-state index contributed by atoms with van der Waals surface area (Å²) < 4.78 is 5.17. The minimum atomic E-state index is -0.263. The van der Waals surface area contributed by atoms with E-state index in [4.69, 9.17) is 10.5 Å². The molecule has 88 valence electrons. The first-order chi connectivity index (χ1) is 8.10. The van der Waals surface area contributed by atoms with Gasteiger partial charge >= 0.3 is 0 Å². The first-order valence-corrected chi connectivity index (χ1v) is 5.12. The van der Waals surface area contributed by atoms with Crippen molar-refractivity contribution in [3.8, 4) is 17.1 Å². The van der Waals surface area contributed by atoms with Gasteiger partial charge < -0.3 is 15.5 Å². The van der Waals surface area contributed by atoms with E-state index in [1.807, 2.05) is 25.1 Å². The Bertz CT molecular complexity index is 605. The van der Waals surface area contributed by atoms with Gasteiger partial charge in [0.25, 0.3) is 5.56 Å². The number of nitrogens with one attached hydrogen (secondary N) is 1. The maximum atomic E-state index is 11.3. The Hall–Kier alpha value is -2.30. The number of aryl methyl sites for hydroxylation is 1. The molecule has 1 aromatic carbocycles. The van der Waals surface area contributed by atoms with Crippen molar-refractivity contribution in [1.82, 2.24) is 9.97 Å². The van der Waals surface area contributed by atoms with Crippen LogP contribution < -0.4 is 16.0 Å². The minimum absolute atomic E-state index is 0.206. The number of hydrogen-bond acceptors (Lipinski definition) is 4. The van der Waals surface area contributed by atoms with Crippen molar-refractivity contribution in [2.45, 2.75) is 6.92 Å². The molecular weight excluding hydrogens is 218 g/mol. The molecule has 1 aromatic heterocycles. The Morgan fingerprint density at radius 2 is 2.12 bits per heavy atom. The van der Waals surface area contributed by atoms with Crippen LogP contribution in [0.1, 0.15) is 5.56 Å². The lowest BCUT2D eigenvalue weighted by Gasteiger charge is -2.07. The normalized spacial score (nSPS) is 10.2. The van der Waals surface area contributed by atoms with Crippen LogP contribution in [0.2, 0.25) is 0 Å². The van der Waals surface area contributed by atoms with Crippen LogP contribution in [-0.4, -0.2) is 17.1 Å². The molecule has 0 aliphatic rings. The van der Waals surface area contributed by atoms with Gasteiger partial charge in [-0.1, -0.05) is 0 Å². The van der Waals surface area contributed by atoms with Gasteiger partial charge in [-0.25, -0.2) is 4.98 Å². The van der Waals surface area contributed by atoms with Gasteiger partial charge in [-0.2, -0.15) is 0 Å². The van der Waals surface area contributed by atoms with E-state index >= 15 is 0 Å². The summed E-state index contributed by atoms with van der Waals surface area (Å²) in [6, 6.07) is 6.79. The molecule has 5 heteroatoms. The number of methoxy groups -OCH3 is 1. The molecule has 0 unspecified atom stereocenters. The van der Waals surface area contributed by atoms with Crippen molar-refractivity contribution in [2.24, 2.45) is 0 Å². The molecule has 0 atom stereocenters. The monoisotopic (exact) mass is 231 g/mol. The molecule has 0 aliphatic heterocycles. The number of rotatable bonds is 2. The van der Waals surface area contributed by atoms with Crippen molar-refractivity contribution in [2.75, 3.05) is 12.8 Å². The molecule has 0 bridgehead atoms. The number of ether oxygens (including phenoxy) is 1. The third-order valence-corrected chi connectivity index (χ3v) is 2.43. The average molecular weight is 231 g/mol. The Balaban J connectivity index is 2.53. The van der Waals surface area contributed by atoms with E-state index in [0.29, 0.717) is 5.82 Å². The molecule has 0 fully saturated rings. The lowest BCUT2D eigenvalue weighted by atomic mass is 10.1. The van der Waals surface area contributed by atoms with E-state index in [1.54, 1.807) is 7.11 Å². The van der Waals surface area contributed by atoms with Gasteiger partial charge in [0.05, 0.1) is 7.11 Å². The predicted octanol–water partition coefficient (Wildman–Crippen LogP) is 1.34. The number of aromatic amines is 1. The Kier molecular flexibility index (Phi) is 2.82. The predicted molar refractivity (Wildman–Crippen MR) is 66.0 cm³/mol. The second kappa shape index (κ2) is 4.29. The molecule has 0 saturated carbocycles. The molecule has 2 aromatic rings. The number of anilines is 1. The minimum Gasteiger partial charge on any atom is -0.496 e. The molecule has 1 heterocycles. The second-order valence-electron chi connectivity index (χ2n) is 3.70. The highest BCUT2D eigenvalue weighted by molar-refractivity contribution is 5.59. The number of nitrogens with two attached hydrogens (primary N) is 1. The molecule has 17 heavy (non-hydrogen) atoms. The maximum absolute atomic E-state index is 11.3. The highest BCUT2D eigenvalue weighted by Gasteiger charge is 2.05. The zero-order valence-electron chi connectivity index (χ0n) is 9.65. The fourth-order valence-electron chi connectivity index (χ4n) is 1.64. The van der Waals surface area contributed by atoms with Gasteiger partial charge in [0.1, 0.15) is 17.4 Å². The molecule has 0 aliphatic carbocycles. The van der Waals surface area contributed by atoms with Crippen molar-refractivity contribution >= 4 is 5.82 Å². The summed E-state index contributed by atoms with van der Waals surface area (Å²) in [6.45, 7) is 1.92. The molecule has 0 amide bonds. The summed E-state index contributed by atoms with van der Waals surface area (Å²) in [5.41, 5.74) is 7.04. The van der Waals surface area contributed by atoms with Crippen LogP contribution in [0.15, 0.2) is 29.1 Å². The summed E-state index contributed by atoms with van der Waals surface area (Å²) in [7, 11) is 1.61. The Labute approximate surface area is 98.3 Å². The summed E-state index contributed by atoms with van der Waals surface area (Å²) in [6.07, 6.45) is 0. The summed E-state index contributed by atoms with van der Waals surface area (Å²) in [5, 5.41) is 0. The molecule has 2 rings (SSSR count).